The number of amides is 2. The minimum Gasteiger partial charge on any atom is -0.307 e. The first-order valence-electron chi connectivity index (χ1n) is 12.8. The van der Waals surface area contributed by atoms with Gasteiger partial charge in [0.25, 0.3) is 0 Å². The highest BCUT2D eigenvalue weighted by Crippen LogP contribution is 2.39. The van der Waals surface area contributed by atoms with Gasteiger partial charge in [0.2, 0.25) is 0 Å². The van der Waals surface area contributed by atoms with Crippen molar-refractivity contribution in [2.45, 2.75) is 32.9 Å². The Balaban J connectivity index is 1.55. The molecule has 190 valence electrons. The van der Waals surface area contributed by atoms with E-state index in [9.17, 15) is 4.79 Å². The first kappa shape index (κ1) is 24.1. The summed E-state index contributed by atoms with van der Waals surface area (Å²) in [5, 5.41) is 8.74. The summed E-state index contributed by atoms with van der Waals surface area (Å²) >= 11 is 6.28. The van der Waals surface area contributed by atoms with Crippen LogP contribution in [0.1, 0.15) is 41.0 Å². The number of nitrogens with zero attached hydrogens (tertiary/aromatic N) is 4. The van der Waals surface area contributed by atoms with Gasteiger partial charge in [-0.05, 0) is 60.9 Å². The normalized spacial score (nSPS) is 14.5. The standard InChI is InChI=1S/C31H28ClN5O/c1-3-26-25-20-36(31(38)33-27-19-23(32)17-16-21(27)2)29(22-11-6-4-7-12-22)28-15-10-18-35(28)30(25)37(34-26)24-13-8-5-9-14-24/h4-19,29H,3,20H2,1-2H3,(H,33,38)/t29-/m0/s1. The molecule has 5 aromatic rings. The molecule has 0 saturated carbocycles. The maximum atomic E-state index is 14.1. The number of benzene rings is 3. The number of hydrogen-bond acceptors (Lipinski definition) is 2. The lowest BCUT2D eigenvalue weighted by molar-refractivity contribution is 0.194. The highest BCUT2D eigenvalue weighted by atomic mass is 35.5. The molecule has 0 aliphatic carbocycles. The van der Waals surface area contributed by atoms with E-state index >= 15 is 0 Å². The molecule has 0 radical (unpaired) electrons. The van der Waals surface area contributed by atoms with Crippen molar-refractivity contribution < 1.29 is 4.79 Å². The zero-order valence-corrected chi connectivity index (χ0v) is 22.1. The van der Waals surface area contributed by atoms with Gasteiger partial charge in [-0.3, -0.25) is 0 Å². The van der Waals surface area contributed by atoms with Crippen LogP contribution in [0.25, 0.3) is 11.5 Å². The van der Waals surface area contributed by atoms with Gasteiger partial charge in [0.15, 0.2) is 0 Å². The lowest BCUT2D eigenvalue weighted by atomic mass is 10.0. The van der Waals surface area contributed by atoms with E-state index in [1.54, 1.807) is 6.07 Å². The number of halogens is 1. The number of fused-ring (bicyclic) bond motifs is 3. The van der Waals surface area contributed by atoms with Crippen molar-refractivity contribution in [3.8, 4) is 11.5 Å². The van der Waals surface area contributed by atoms with E-state index in [2.05, 4.69) is 53.3 Å². The Morgan fingerprint density at radius 3 is 2.47 bits per heavy atom. The van der Waals surface area contributed by atoms with Gasteiger partial charge in [-0.1, -0.05) is 73.1 Å². The van der Waals surface area contributed by atoms with Gasteiger partial charge in [0.1, 0.15) is 5.82 Å². The van der Waals surface area contributed by atoms with Gasteiger partial charge >= 0.3 is 6.03 Å². The second kappa shape index (κ2) is 9.88. The van der Waals surface area contributed by atoms with E-state index in [-0.39, 0.29) is 12.1 Å². The fourth-order valence-electron chi connectivity index (χ4n) is 5.25. The molecule has 6 nitrogen and oxygen atoms in total. The number of aryl methyl sites for hydroxylation is 2. The summed E-state index contributed by atoms with van der Waals surface area (Å²) in [7, 11) is 0. The fourth-order valence-corrected chi connectivity index (χ4v) is 5.42. The Morgan fingerprint density at radius 1 is 1.00 bits per heavy atom. The molecule has 3 heterocycles. The molecule has 1 atom stereocenters. The van der Waals surface area contributed by atoms with Crippen molar-refractivity contribution in [1.82, 2.24) is 19.2 Å². The first-order chi connectivity index (χ1) is 18.5. The molecule has 7 heteroatoms. The largest absolute Gasteiger partial charge is 0.322 e. The molecular formula is C31H28ClN5O. The molecule has 1 N–H and O–H groups in total. The number of rotatable bonds is 4. The number of nitrogens with one attached hydrogen (secondary N) is 1. The second-order valence-electron chi connectivity index (χ2n) is 9.48. The van der Waals surface area contributed by atoms with Gasteiger partial charge in [-0.2, -0.15) is 5.10 Å². The molecule has 0 unspecified atom stereocenters. The van der Waals surface area contributed by atoms with Gasteiger partial charge in [-0.15, -0.1) is 0 Å². The third-order valence-electron chi connectivity index (χ3n) is 7.12. The molecule has 38 heavy (non-hydrogen) atoms. The smallest absolute Gasteiger partial charge is 0.307 e. The number of carbonyl (C=O) groups is 1. The molecule has 1 aliphatic rings. The number of carbonyl (C=O) groups excluding carboxylic acids is 1. The van der Waals surface area contributed by atoms with Crippen LogP contribution in [0.15, 0.2) is 97.2 Å². The number of aromatic nitrogens is 3. The molecule has 3 aromatic carbocycles. The Hall–Kier alpha value is -4.29. The Bertz CT molecular complexity index is 1610. The molecule has 0 bridgehead atoms. The van der Waals surface area contributed by atoms with E-state index in [4.69, 9.17) is 16.7 Å². The summed E-state index contributed by atoms with van der Waals surface area (Å²) in [6, 6.07) is 29.5. The summed E-state index contributed by atoms with van der Waals surface area (Å²) in [4.78, 5) is 16.0. The van der Waals surface area contributed by atoms with Crippen LogP contribution in [-0.2, 0) is 13.0 Å². The Kier molecular flexibility index (Phi) is 6.26. The van der Waals surface area contributed by atoms with E-state index in [1.807, 2.05) is 71.1 Å². The van der Waals surface area contributed by atoms with E-state index in [1.165, 1.54) is 0 Å². The molecule has 0 fully saturated rings. The lowest BCUT2D eigenvalue weighted by Gasteiger charge is -2.31. The molecule has 0 spiro atoms. The third-order valence-corrected chi connectivity index (χ3v) is 7.36. The highest BCUT2D eigenvalue weighted by Gasteiger charge is 2.36. The SMILES string of the molecule is CCc1nn(-c2ccccc2)c2c1CN(C(=O)Nc1cc(Cl)ccc1C)[C@@H](c1ccccc1)c1cccn1-2. The maximum Gasteiger partial charge on any atom is 0.322 e. The summed E-state index contributed by atoms with van der Waals surface area (Å²) in [6.45, 7) is 4.47. The predicted octanol–water partition coefficient (Wildman–Crippen LogP) is 7.32. The zero-order valence-electron chi connectivity index (χ0n) is 21.3. The number of urea groups is 1. The van der Waals surface area contributed by atoms with Crippen LogP contribution in [-0.4, -0.2) is 25.3 Å². The molecule has 6 rings (SSSR count). The van der Waals surface area contributed by atoms with Crippen molar-refractivity contribution in [2.24, 2.45) is 0 Å². The predicted molar refractivity (Wildman–Crippen MR) is 151 cm³/mol. The molecule has 0 saturated heterocycles. The number of anilines is 1. The average Bonchev–Trinajstić information content (AvgIpc) is 3.52. The van der Waals surface area contributed by atoms with Crippen LogP contribution in [0, 0.1) is 6.92 Å². The maximum absolute atomic E-state index is 14.1. The minimum absolute atomic E-state index is 0.195. The van der Waals surface area contributed by atoms with Crippen LogP contribution < -0.4 is 5.32 Å². The summed E-state index contributed by atoms with van der Waals surface area (Å²) in [5.41, 5.74) is 6.65. The lowest BCUT2D eigenvalue weighted by Crippen LogP contribution is -2.38. The Morgan fingerprint density at radius 2 is 1.74 bits per heavy atom. The van der Waals surface area contributed by atoms with Gasteiger partial charge < -0.3 is 14.8 Å². The summed E-state index contributed by atoms with van der Waals surface area (Å²) < 4.78 is 4.19. The number of hydrogen-bond donors (Lipinski definition) is 1. The average molecular weight is 522 g/mol. The first-order valence-corrected chi connectivity index (χ1v) is 13.2. The zero-order chi connectivity index (χ0) is 26.2. The monoisotopic (exact) mass is 521 g/mol. The summed E-state index contributed by atoms with van der Waals surface area (Å²) in [5.74, 6) is 0.961. The van der Waals surface area contributed by atoms with Gasteiger partial charge in [-0.25, -0.2) is 9.48 Å². The van der Waals surface area contributed by atoms with Crippen LogP contribution in [0.5, 0.6) is 0 Å². The highest BCUT2D eigenvalue weighted by molar-refractivity contribution is 6.31. The van der Waals surface area contributed by atoms with E-state index in [0.29, 0.717) is 17.3 Å². The van der Waals surface area contributed by atoms with Crippen molar-refractivity contribution in [1.29, 1.82) is 0 Å². The third kappa shape index (κ3) is 4.17. The van der Waals surface area contributed by atoms with Crippen LogP contribution >= 0.6 is 11.6 Å². The van der Waals surface area contributed by atoms with Crippen LogP contribution in [0.2, 0.25) is 5.02 Å². The van der Waals surface area contributed by atoms with Crippen LogP contribution in [0.4, 0.5) is 10.5 Å². The van der Waals surface area contributed by atoms with Crippen molar-refractivity contribution in [3.05, 3.63) is 130 Å². The van der Waals surface area contributed by atoms with Gasteiger partial charge in [0, 0.05) is 22.5 Å². The molecule has 2 amide bonds. The van der Waals surface area contributed by atoms with Crippen LogP contribution in [0.3, 0.4) is 0 Å². The quantitative estimate of drug-likeness (QED) is 0.269. The van der Waals surface area contributed by atoms with E-state index < -0.39 is 0 Å². The van der Waals surface area contributed by atoms with Crippen molar-refractivity contribution >= 4 is 23.3 Å². The van der Waals surface area contributed by atoms with Gasteiger partial charge in [0.05, 0.1) is 29.7 Å². The van der Waals surface area contributed by atoms with Crippen molar-refractivity contribution in [2.75, 3.05) is 5.32 Å². The second-order valence-corrected chi connectivity index (χ2v) is 9.92. The topological polar surface area (TPSA) is 55.1 Å². The minimum atomic E-state index is -0.313. The molecule has 2 aromatic heterocycles. The van der Waals surface area contributed by atoms with Crippen molar-refractivity contribution in [3.63, 3.8) is 0 Å². The molecular weight excluding hydrogens is 494 g/mol. The Labute approximate surface area is 227 Å². The van der Waals surface area contributed by atoms with E-state index in [0.717, 1.165) is 46.0 Å². The molecule has 1 aliphatic heterocycles. The number of para-hydroxylation sites is 1. The fraction of sp³-hybridized carbons (Fsp3) is 0.161. The summed E-state index contributed by atoms with van der Waals surface area (Å²) in [6.07, 6.45) is 2.81.